The molecule has 2 heterocycles. The maximum Gasteiger partial charge on any atom is 0.269 e. The van der Waals surface area contributed by atoms with Crippen molar-refractivity contribution in [2.75, 3.05) is 26.2 Å². The van der Waals surface area contributed by atoms with Gasteiger partial charge < -0.3 is 10.5 Å². The SMILES string of the molecule is C[C@H](N)c1nc2cccc(OCCN3CCCCCC3)c2c(=O)n1-c1ccccc1. The highest BCUT2D eigenvalue weighted by atomic mass is 16.5. The van der Waals surface area contributed by atoms with E-state index in [1.807, 2.05) is 55.5 Å². The van der Waals surface area contributed by atoms with Crippen molar-refractivity contribution in [2.45, 2.75) is 38.6 Å². The Balaban J connectivity index is 1.68. The number of nitrogens with zero attached hydrogens (tertiary/aromatic N) is 3. The molecule has 1 atom stereocenters. The number of nitrogens with two attached hydrogens (primary N) is 1. The van der Waals surface area contributed by atoms with Crippen molar-refractivity contribution >= 4 is 10.9 Å². The maximum atomic E-state index is 13.6. The molecule has 0 saturated carbocycles. The normalized spacial score (nSPS) is 16.3. The fourth-order valence-corrected chi connectivity index (χ4v) is 4.11. The Labute approximate surface area is 177 Å². The van der Waals surface area contributed by atoms with Crippen LogP contribution < -0.4 is 16.0 Å². The number of hydrogen-bond acceptors (Lipinski definition) is 5. The lowest BCUT2D eigenvalue weighted by atomic mass is 10.2. The van der Waals surface area contributed by atoms with Crippen LogP contribution in [0.5, 0.6) is 5.75 Å². The van der Waals surface area contributed by atoms with E-state index in [1.54, 1.807) is 4.57 Å². The summed E-state index contributed by atoms with van der Waals surface area (Å²) in [5.74, 6) is 1.13. The topological polar surface area (TPSA) is 73.4 Å². The van der Waals surface area contributed by atoms with Gasteiger partial charge >= 0.3 is 0 Å². The molecule has 0 radical (unpaired) electrons. The monoisotopic (exact) mass is 406 g/mol. The number of aromatic nitrogens is 2. The zero-order valence-corrected chi connectivity index (χ0v) is 17.6. The molecule has 3 aromatic rings. The molecule has 0 bridgehead atoms. The molecule has 30 heavy (non-hydrogen) atoms. The van der Waals surface area contributed by atoms with Gasteiger partial charge in [-0.3, -0.25) is 14.3 Å². The van der Waals surface area contributed by atoms with Gasteiger partial charge in [-0.15, -0.1) is 0 Å². The van der Waals surface area contributed by atoms with Gasteiger partial charge in [0.1, 0.15) is 23.6 Å². The van der Waals surface area contributed by atoms with Crippen LogP contribution in [0, 0.1) is 0 Å². The van der Waals surface area contributed by atoms with E-state index < -0.39 is 0 Å². The van der Waals surface area contributed by atoms with E-state index in [0.29, 0.717) is 29.1 Å². The fourth-order valence-electron chi connectivity index (χ4n) is 4.11. The largest absolute Gasteiger partial charge is 0.491 e. The van der Waals surface area contributed by atoms with Gasteiger partial charge in [-0.2, -0.15) is 0 Å². The van der Waals surface area contributed by atoms with Crippen LogP contribution >= 0.6 is 0 Å². The summed E-state index contributed by atoms with van der Waals surface area (Å²) in [6.45, 7) is 5.51. The summed E-state index contributed by atoms with van der Waals surface area (Å²) in [6.07, 6.45) is 5.13. The third kappa shape index (κ3) is 4.40. The molecule has 1 aromatic heterocycles. The van der Waals surface area contributed by atoms with Gasteiger partial charge in [0.15, 0.2) is 0 Å². The van der Waals surface area contributed by atoms with E-state index in [2.05, 4.69) is 4.90 Å². The summed E-state index contributed by atoms with van der Waals surface area (Å²) < 4.78 is 7.71. The quantitative estimate of drug-likeness (QED) is 0.676. The van der Waals surface area contributed by atoms with Crippen molar-refractivity contribution in [3.63, 3.8) is 0 Å². The predicted octanol–water partition coefficient (Wildman–Crippen LogP) is 3.66. The Kier molecular flexibility index (Phi) is 6.45. The van der Waals surface area contributed by atoms with Gasteiger partial charge in [0.2, 0.25) is 0 Å². The van der Waals surface area contributed by atoms with Gasteiger partial charge in [-0.25, -0.2) is 4.98 Å². The molecule has 1 aliphatic rings. The van der Waals surface area contributed by atoms with E-state index in [1.165, 1.54) is 25.7 Å². The lowest BCUT2D eigenvalue weighted by Crippen LogP contribution is -2.30. The van der Waals surface area contributed by atoms with Gasteiger partial charge in [-0.1, -0.05) is 37.1 Å². The summed E-state index contributed by atoms with van der Waals surface area (Å²) in [5, 5.41) is 0.501. The Morgan fingerprint density at radius 3 is 2.47 bits per heavy atom. The van der Waals surface area contributed by atoms with Crippen LogP contribution in [0.15, 0.2) is 53.3 Å². The standard InChI is InChI=1S/C24H30N4O2/c1-18(25)23-26-20-12-9-13-21(30-17-16-27-14-7-2-3-8-15-27)22(20)24(29)28(23)19-10-5-4-6-11-19/h4-6,9-13,18H,2-3,7-8,14-17,25H2,1H3/t18-/m0/s1. The van der Waals surface area contributed by atoms with Crippen LogP contribution in [0.1, 0.15) is 44.5 Å². The molecular formula is C24H30N4O2. The lowest BCUT2D eigenvalue weighted by Gasteiger charge is -2.20. The van der Waals surface area contributed by atoms with Crippen LogP contribution in [-0.4, -0.2) is 40.7 Å². The van der Waals surface area contributed by atoms with Gasteiger partial charge in [-0.05, 0) is 57.1 Å². The molecule has 2 aromatic carbocycles. The fraction of sp³-hybridized carbons (Fsp3) is 0.417. The number of benzene rings is 2. The molecule has 0 spiro atoms. The Morgan fingerprint density at radius 1 is 1.03 bits per heavy atom. The van der Waals surface area contributed by atoms with Gasteiger partial charge in [0.25, 0.3) is 5.56 Å². The van der Waals surface area contributed by atoms with Crippen molar-refractivity contribution in [1.29, 1.82) is 0 Å². The molecule has 0 aliphatic carbocycles. The Morgan fingerprint density at radius 2 is 1.77 bits per heavy atom. The number of para-hydroxylation sites is 1. The average Bonchev–Trinajstić information content (AvgIpc) is 3.03. The highest BCUT2D eigenvalue weighted by molar-refractivity contribution is 5.84. The second-order valence-corrected chi connectivity index (χ2v) is 7.99. The lowest BCUT2D eigenvalue weighted by molar-refractivity contribution is 0.215. The molecule has 6 nitrogen and oxygen atoms in total. The third-order valence-electron chi connectivity index (χ3n) is 5.67. The first-order chi connectivity index (χ1) is 14.6. The first-order valence-electron chi connectivity index (χ1n) is 10.9. The number of ether oxygens (including phenoxy) is 1. The van der Waals surface area contributed by atoms with Crippen molar-refractivity contribution in [3.8, 4) is 11.4 Å². The van der Waals surface area contributed by atoms with Crippen LogP contribution in [0.3, 0.4) is 0 Å². The molecule has 6 heteroatoms. The molecule has 4 rings (SSSR count). The minimum absolute atomic E-state index is 0.149. The first kappa shape index (κ1) is 20.6. The van der Waals surface area contributed by atoms with Crippen molar-refractivity contribution < 1.29 is 4.74 Å². The van der Waals surface area contributed by atoms with E-state index >= 15 is 0 Å². The summed E-state index contributed by atoms with van der Waals surface area (Å²) in [7, 11) is 0. The maximum absolute atomic E-state index is 13.6. The van der Waals surface area contributed by atoms with E-state index in [9.17, 15) is 4.79 Å². The Bertz CT molecular complexity index is 1040. The number of rotatable bonds is 6. The highest BCUT2D eigenvalue weighted by Crippen LogP contribution is 2.24. The van der Waals surface area contributed by atoms with E-state index in [0.717, 1.165) is 25.3 Å². The van der Waals surface area contributed by atoms with Crippen LogP contribution in [0.25, 0.3) is 16.6 Å². The highest BCUT2D eigenvalue weighted by Gasteiger charge is 2.18. The number of fused-ring (bicyclic) bond motifs is 1. The smallest absolute Gasteiger partial charge is 0.269 e. The van der Waals surface area contributed by atoms with E-state index in [4.69, 9.17) is 15.5 Å². The zero-order valence-electron chi connectivity index (χ0n) is 17.6. The molecule has 0 amide bonds. The molecule has 158 valence electrons. The van der Waals surface area contributed by atoms with Crippen molar-refractivity contribution in [1.82, 2.24) is 14.5 Å². The van der Waals surface area contributed by atoms with Gasteiger partial charge in [0, 0.05) is 6.54 Å². The minimum atomic E-state index is -0.380. The Hall–Kier alpha value is -2.70. The van der Waals surface area contributed by atoms with Crippen LogP contribution in [0.4, 0.5) is 0 Å². The molecule has 2 N–H and O–H groups in total. The molecule has 1 saturated heterocycles. The zero-order chi connectivity index (χ0) is 20.9. The summed E-state index contributed by atoms with van der Waals surface area (Å²) in [4.78, 5) is 20.7. The second-order valence-electron chi connectivity index (χ2n) is 7.99. The molecule has 1 aliphatic heterocycles. The average molecular weight is 407 g/mol. The van der Waals surface area contributed by atoms with E-state index in [-0.39, 0.29) is 11.6 Å². The van der Waals surface area contributed by atoms with Crippen molar-refractivity contribution in [2.24, 2.45) is 5.73 Å². The summed E-state index contributed by atoms with van der Waals surface area (Å²) in [6, 6.07) is 14.7. The van der Waals surface area contributed by atoms with Crippen molar-refractivity contribution in [3.05, 3.63) is 64.7 Å². The predicted molar refractivity (Wildman–Crippen MR) is 120 cm³/mol. The minimum Gasteiger partial charge on any atom is -0.491 e. The molecule has 1 fully saturated rings. The molecular weight excluding hydrogens is 376 g/mol. The van der Waals surface area contributed by atoms with Crippen LogP contribution in [0.2, 0.25) is 0 Å². The first-order valence-corrected chi connectivity index (χ1v) is 10.9. The number of hydrogen-bond donors (Lipinski definition) is 1. The molecule has 0 unspecified atom stereocenters. The van der Waals surface area contributed by atoms with Gasteiger partial charge in [0.05, 0.1) is 17.2 Å². The number of likely N-dealkylation sites (tertiary alicyclic amines) is 1. The third-order valence-corrected chi connectivity index (χ3v) is 5.67. The van der Waals surface area contributed by atoms with Crippen LogP contribution in [-0.2, 0) is 0 Å². The summed E-state index contributed by atoms with van der Waals surface area (Å²) >= 11 is 0. The summed E-state index contributed by atoms with van der Waals surface area (Å²) in [5.41, 5.74) is 7.39. The second kappa shape index (κ2) is 9.41.